The van der Waals surface area contributed by atoms with Crippen molar-refractivity contribution in [2.45, 2.75) is 52.0 Å². The van der Waals surface area contributed by atoms with E-state index in [1.807, 2.05) is 42.5 Å². The summed E-state index contributed by atoms with van der Waals surface area (Å²) in [6.45, 7) is 3.05. The number of ether oxygens (including phenoxy) is 1. The minimum absolute atomic E-state index is 0.00427. The zero-order chi connectivity index (χ0) is 23.0. The van der Waals surface area contributed by atoms with Gasteiger partial charge in [-0.2, -0.15) is 0 Å². The Hall–Kier alpha value is -3.15. The fourth-order valence-corrected chi connectivity index (χ4v) is 6.09. The number of nitrogens with zero attached hydrogens (tertiary/aromatic N) is 1. The standard InChI is InChI=1S/C27H30N2O4/c1-2-33-26(32)27-14-6-11-19-12-7-15-29(24(19)27)25(31)22(27)16-23(30)28-17-20-10-5-9-18-8-3-4-13-21(18)20/h3-5,8-10,13,22H,2,6-7,11-12,14-17H2,1H3,(H,28,30)/t22-,27-/m1/s1. The van der Waals surface area contributed by atoms with E-state index in [-0.39, 0.29) is 30.8 Å². The minimum atomic E-state index is -1.02. The van der Waals surface area contributed by atoms with Crippen molar-refractivity contribution in [2.24, 2.45) is 11.3 Å². The van der Waals surface area contributed by atoms with Gasteiger partial charge in [0.15, 0.2) is 0 Å². The van der Waals surface area contributed by atoms with Gasteiger partial charge >= 0.3 is 5.97 Å². The lowest BCUT2D eigenvalue weighted by molar-refractivity contribution is -0.158. The van der Waals surface area contributed by atoms with Gasteiger partial charge in [0.25, 0.3) is 0 Å². The fourth-order valence-electron chi connectivity index (χ4n) is 6.09. The predicted molar refractivity (Wildman–Crippen MR) is 125 cm³/mol. The molecule has 2 amide bonds. The first kappa shape index (κ1) is 21.7. The number of esters is 1. The van der Waals surface area contributed by atoms with Gasteiger partial charge in [-0.15, -0.1) is 0 Å². The monoisotopic (exact) mass is 446 g/mol. The van der Waals surface area contributed by atoms with E-state index >= 15 is 0 Å². The summed E-state index contributed by atoms with van der Waals surface area (Å²) in [7, 11) is 0. The Morgan fingerprint density at radius 3 is 2.76 bits per heavy atom. The second kappa shape index (κ2) is 8.65. The average Bonchev–Trinajstić information content (AvgIpc) is 3.08. The Balaban J connectivity index is 1.40. The number of fused-ring (bicyclic) bond motifs is 1. The Labute approximate surface area is 194 Å². The molecule has 2 aromatic carbocycles. The fraction of sp³-hybridized carbons (Fsp3) is 0.444. The number of hydrogen-bond acceptors (Lipinski definition) is 4. The molecule has 6 heteroatoms. The molecule has 0 radical (unpaired) electrons. The maximum Gasteiger partial charge on any atom is 0.318 e. The molecular formula is C27H30N2O4. The summed E-state index contributed by atoms with van der Waals surface area (Å²) in [4.78, 5) is 41.7. The zero-order valence-electron chi connectivity index (χ0n) is 19.1. The third-order valence-corrected chi connectivity index (χ3v) is 7.48. The molecule has 0 bridgehead atoms. The van der Waals surface area contributed by atoms with Crippen LogP contribution in [0.2, 0.25) is 0 Å². The lowest BCUT2D eigenvalue weighted by Gasteiger charge is -2.39. The SMILES string of the molecule is CCOC(=O)[C@@]12CCCC3=C1N(CCC3)C(=O)[C@H]2CC(=O)NCc1cccc2ccccc12. The molecule has 172 valence electrons. The van der Waals surface area contributed by atoms with Gasteiger partial charge in [0.1, 0.15) is 5.41 Å². The van der Waals surface area contributed by atoms with E-state index in [2.05, 4.69) is 5.32 Å². The lowest BCUT2D eigenvalue weighted by Crippen LogP contribution is -2.44. The van der Waals surface area contributed by atoms with Crippen LogP contribution in [0.3, 0.4) is 0 Å². The van der Waals surface area contributed by atoms with Crippen molar-refractivity contribution in [1.29, 1.82) is 0 Å². The first-order valence-corrected chi connectivity index (χ1v) is 12.0. The molecule has 0 unspecified atom stereocenters. The Bertz CT molecular complexity index is 1140. The van der Waals surface area contributed by atoms with Crippen LogP contribution in [0.5, 0.6) is 0 Å². The van der Waals surface area contributed by atoms with Crippen LogP contribution in [0.4, 0.5) is 0 Å². The van der Waals surface area contributed by atoms with Crippen LogP contribution >= 0.6 is 0 Å². The maximum absolute atomic E-state index is 13.5. The number of rotatable bonds is 6. The zero-order valence-corrected chi connectivity index (χ0v) is 19.1. The van der Waals surface area contributed by atoms with E-state index in [1.54, 1.807) is 11.8 Å². The van der Waals surface area contributed by atoms with E-state index in [4.69, 9.17) is 4.74 Å². The lowest BCUT2D eigenvalue weighted by atomic mass is 9.65. The molecule has 2 heterocycles. The highest BCUT2D eigenvalue weighted by atomic mass is 16.5. The third kappa shape index (κ3) is 3.52. The van der Waals surface area contributed by atoms with Gasteiger partial charge in [0, 0.05) is 25.2 Å². The van der Waals surface area contributed by atoms with Gasteiger partial charge in [-0.25, -0.2) is 0 Å². The van der Waals surface area contributed by atoms with Gasteiger partial charge in [0.2, 0.25) is 11.8 Å². The van der Waals surface area contributed by atoms with Crippen molar-refractivity contribution >= 4 is 28.6 Å². The number of nitrogens with one attached hydrogen (secondary N) is 1. The third-order valence-electron chi connectivity index (χ3n) is 7.48. The molecule has 2 atom stereocenters. The summed E-state index contributed by atoms with van der Waals surface area (Å²) in [6.07, 6.45) is 4.14. The normalized spacial score (nSPS) is 24.1. The van der Waals surface area contributed by atoms with Crippen molar-refractivity contribution in [3.05, 3.63) is 59.3 Å². The predicted octanol–water partition coefficient (Wildman–Crippen LogP) is 4.09. The molecule has 1 fully saturated rings. The molecule has 2 aliphatic heterocycles. The van der Waals surface area contributed by atoms with Crippen LogP contribution < -0.4 is 5.32 Å². The minimum Gasteiger partial charge on any atom is -0.465 e. The molecule has 5 rings (SSSR count). The van der Waals surface area contributed by atoms with Crippen molar-refractivity contribution in [2.75, 3.05) is 13.2 Å². The Kier molecular flexibility index (Phi) is 5.69. The van der Waals surface area contributed by atoms with Crippen LogP contribution in [0.25, 0.3) is 10.8 Å². The van der Waals surface area contributed by atoms with E-state index < -0.39 is 11.3 Å². The van der Waals surface area contributed by atoms with E-state index in [9.17, 15) is 14.4 Å². The summed E-state index contributed by atoms with van der Waals surface area (Å²) < 4.78 is 5.51. The van der Waals surface area contributed by atoms with Gasteiger partial charge in [-0.1, -0.05) is 42.5 Å². The number of amides is 2. The van der Waals surface area contributed by atoms with Crippen molar-refractivity contribution in [3.8, 4) is 0 Å². The quantitative estimate of drug-likeness (QED) is 0.679. The molecule has 1 saturated heterocycles. The number of benzene rings is 2. The Morgan fingerprint density at radius 1 is 1.12 bits per heavy atom. The summed E-state index contributed by atoms with van der Waals surface area (Å²) in [6, 6.07) is 14.1. The molecule has 1 N–H and O–H groups in total. The highest BCUT2D eigenvalue weighted by Gasteiger charge is 2.63. The molecule has 0 aromatic heterocycles. The summed E-state index contributed by atoms with van der Waals surface area (Å²) in [5.41, 5.74) is 2.07. The second-order valence-electron chi connectivity index (χ2n) is 9.26. The summed E-state index contributed by atoms with van der Waals surface area (Å²) >= 11 is 0. The van der Waals surface area contributed by atoms with E-state index in [0.717, 1.165) is 47.7 Å². The number of carbonyl (C=O) groups is 3. The van der Waals surface area contributed by atoms with Gasteiger partial charge in [-0.3, -0.25) is 14.4 Å². The van der Waals surface area contributed by atoms with Crippen LogP contribution in [0.1, 0.15) is 51.0 Å². The van der Waals surface area contributed by atoms with Crippen molar-refractivity contribution < 1.29 is 19.1 Å². The Morgan fingerprint density at radius 2 is 1.91 bits per heavy atom. The molecule has 0 saturated carbocycles. The molecule has 1 aliphatic carbocycles. The highest BCUT2D eigenvalue weighted by molar-refractivity contribution is 5.99. The van der Waals surface area contributed by atoms with Crippen LogP contribution in [-0.4, -0.2) is 35.8 Å². The molecule has 0 spiro atoms. The largest absolute Gasteiger partial charge is 0.465 e. The second-order valence-corrected chi connectivity index (χ2v) is 9.26. The molecular weight excluding hydrogens is 416 g/mol. The smallest absolute Gasteiger partial charge is 0.318 e. The van der Waals surface area contributed by atoms with E-state index in [1.165, 1.54) is 5.57 Å². The summed E-state index contributed by atoms with van der Waals surface area (Å²) in [5.74, 6) is -1.36. The van der Waals surface area contributed by atoms with Gasteiger partial charge < -0.3 is 15.0 Å². The molecule has 6 nitrogen and oxygen atoms in total. The number of hydrogen-bond donors (Lipinski definition) is 1. The van der Waals surface area contributed by atoms with Crippen LogP contribution in [-0.2, 0) is 25.7 Å². The number of carbonyl (C=O) groups excluding carboxylic acids is 3. The van der Waals surface area contributed by atoms with Gasteiger partial charge in [0.05, 0.1) is 12.5 Å². The number of allylic oxidation sites excluding steroid dienone is 1. The van der Waals surface area contributed by atoms with Crippen LogP contribution in [0, 0.1) is 11.3 Å². The molecule has 3 aliphatic rings. The maximum atomic E-state index is 13.5. The van der Waals surface area contributed by atoms with Crippen molar-refractivity contribution in [1.82, 2.24) is 10.2 Å². The van der Waals surface area contributed by atoms with Crippen LogP contribution in [0.15, 0.2) is 53.7 Å². The molecule has 2 aromatic rings. The average molecular weight is 447 g/mol. The molecule has 33 heavy (non-hydrogen) atoms. The van der Waals surface area contributed by atoms with E-state index in [0.29, 0.717) is 19.5 Å². The van der Waals surface area contributed by atoms with Gasteiger partial charge in [-0.05, 0) is 60.9 Å². The van der Waals surface area contributed by atoms with Crippen molar-refractivity contribution in [3.63, 3.8) is 0 Å². The highest BCUT2D eigenvalue weighted by Crippen LogP contribution is 2.57. The first-order chi connectivity index (χ1) is 16.1. The summed E-state index contributed by atoms with van der Waals surface area (Å²) in [5, 5.41) is 5.22. The topological polar surface area (TPSA) is 75.7 Å². The first-order valence-electron chi connectivity index (χ1n) is 12.0.